The molecule has 1 aliphatic heterocycles. The lowest BCUT2D eigenvalue weighted by molar-refractivity contribution is -0.121. The molecule has 1 aliphatic rings. The highest BCUT2D eigenvalue weighted by Crippen LogP contribution is 2.36. The second-order valence-electron chi connectivity index (χ2n) is 5.72. The first-order valence-electron chi connectivity index (χ1n) is 8.08. The van der Waals surface area contributed by atoms with Gasteiger partial charge in [-0.2, -0.15) is 0 Å². The van der Waals surface area contributed by atoms with E-state index in [2.05, 4.69) is 16.3 Å². The number of carbonyl (C=O) groups excluding carboxylic acids is 1. The number of nitrogens with one attached hydrogen (secondary N) is 1. The highest BCUT2D eigenvalue weighted by Gasteiger charge is 2.25. The summed E-state index contributed by atoms with van der Waals surface area (Å²) in [6.45, 7) is 5.88. The molecule has 0 spiro atoms. The molecule has 26 heavy (non-hydrogen) atoms. The topological polar surface area (TPSA) is 88.6 Å². The standard InChI is InChI=1S/C17H19N3O4S2/c1-3-7-20-14-9-12(5-6-15(14)24-10-16(20)21)13-11-25-17(18-13)19-26(22,23)8-4-2/h3,5-6,9,11H,1,4,7-8,10H2,2H3,(H,18,19). The molecule has 9 heteroatoms. The number of hydrogen-bond acceptors (Lipinski definition) is 6. The van der Waals surface area contributed by atoms with Crippen LogP contribution in [0.5, 0.6) is 5.75 Å². The van der Waals surface area contributed by atoms with Crippen molar-refractivity contribution in [2.75, 3.05) is 28.5 Å². The van der Waals surface area contributed by atoms with Crippen molar-refractivity contribution in [1.29, 1.82) is 0 Å². The Balaban J connectivity index is 1.89. The Morgan fingerprint density at radius 2 is 2.27 bits per heavy atom. The van der Waals surface area contributed by atoms with Gasteiger partial charge in [-0.1, -0.05) is 13.0 Å². The molecule has 0 fully saturated rings. The summed E-state index contributed by atoms with van der Waals surface area (Å²) in [5, 5.41) is 2.09. The summed E-state index contributed by atoms with van der Waals surface area (Å²) in [4.78, 5) is 18.0. The molecule has 0 radical (unpaired) electrons. The second-order valence-corrected chi connectivity index (χ2v) is 8.42. The van der Waals surface area contributed by atoms with Gasteiger partial charge >= 0.3 is 0 Å². The minimum atomic E-state index is -3.38. The molecule has 0 aliphatic carbocycles. The summed E-state index contributed by atoms with van der Waals surface area (Å²) in [5.74, 6) is 0.534. The van der Waals surface area contributed by atoms with E-state index in [1.165, 1.54) is 11.3 Å². The van der Waals surface area contributed by atoms with E-state index in [0.29, 0.717) is 35.2 Å². The van der Waals surface area contributed by atoms with Crippen LogP contribution in [0.3, 0.4) is 0 Å². The lowest BCUT2D eigenvalue weighted by Crippen LogP contribution is -2.38. The van der Waals surface area contributed by atoms with Crippen LogP contribution in [0.2, 0.25) is 0 Å². The van der Waals surface area contributed by atoms with E-state index in [1.54, 1.807) is 29.3 Å². The third kappa shape index (κ3) is 3.88. The molecule has 0 atom stereocenters. The van der Waals surface area contributed by atoms with Gasteiger partial charge in [-0.25, -0.2) is 13.4 Å². The zero-order valence-electron chi connectivity index (χ0n) is 14.3. The van der Waals surface area contributed by atoms with Crippen LogP contribution in [-0.4, -0.2) is 38.2 Å². The third-order valence-corrected chi connectivity index (χ3v) is 6.07. The normalized spacial score (nSPS) is 13.9. The maximum Gasteiger partial charge on any atom is 0.265 e. The first kappa shape index (κ1) is 18.4. The van der Waals surface area contributed by atoms with Crippen molar-refractivity contribution in [2.45, 2.75) is 13.3 Å². The molecule has 1 aromatic heterocycles. The van der Waals surface area contributed by atoms with Gasteiger partial charge in [0.2, 0.25) is 10.0 Å². The molecule has 0 saturated heterocycles. The van der Waals surface area contributed by atoms with Crippen molar-refractivity contribution >= 4 is 38.1 Å². The van der Waals surface area contributed by atoms with Gasteiger partial charge in [-0.15, -0.1) is 17.9 Å². The zero-order valence-corrected chi connectivity index (χ0v) is 15.9. The fraction of sp³-hybridized carbons (Fsp3) is 0.294. The van der Waals surface area contributed by atoms with Crippen molar-refractivity contribution in [1.82, 2.24) is 4.98 Å². The number of nitrogens with zero attached hydrogens (tertiary/aromatic N) is 2. The molecule has 0 unspecified atom stereocenters. The van der Waals surface area contributed by atoms with Crippen molar-refractivity contribution in [3.63, 3.8) is 0 Å². The largest absolute Gasteiger partial charge is 0.482 e. The average molecular weight is 393 g/mol. The van der Waals surface area contributed by atoms with Crippen LogP contribution in [0.4, 0.5) is 10.8 Å². The summed E-state index contributed by atoms with van der Waals surface area (Å²) in [6.07, 6.45) is 2.19. The Morgan fingerprint density at radius 1 is 1.46 bits per heavy atom. The number of fused-ring (bicyclic) bond motifs is 1. The van der Waals surface area contributed by atoms with Crippen LogP contribution < -0.4 is 14.4 Å². The Bertz CT molecular complexity index is 937. The number of amides is 1. The number of carbonyl (C=O) groups is 1. The number of sulfonamides is 1. The van der Waals surface area contributed by atoms with Gasteiger partial charge in [0.25, 0.3) is 5.91 Å². The molecule has 7 nitrogen and oxygen atoms in total. The average Bonchev–Trinajstić information content (AvgIpc) is 3.04. The zero-order chi connectivity index (χ0) is 18.7. The molecule has 3 rings (SSSR count). The van der Waals surface area contributed by atoms with Gasteiger partial charge in [-0.3, -0.25) is 9.52 Å². The monoisotopic (exact) mass is 393 g/mol. The number of thiazole rings is 1. The summed E-state index contributed by atoms with van der Waals surface area (Å²) < 4.78 is 31.7. The van der Waals surface area contributed by atoms with E-state index >= 15 is 0 Å². The number of ether oxygens (including phenoxy) is 1. The van der Waals surface area contributed by atoms with Gasteiger partial charge in [0.05, 0.1) is 17.1 Å². The van der Waals surface area contributed by atoms with Crippen LogP contribution >= 0.6 is 11.3 Å². The molecule has 1 aromatic carbocycles. The van der Waals surface area contributed by atoms with Gasteiger partial charge in [-0.05, 0) is 24.6 Å². The van der Waals surface area contributed by atoms with Crippen molar-refractivity contribution in [2.24, 2.45) is 0 Å². The SMILES string of the molecule is C=CCN1C(=O)COc2ccc(-c3csc(NS(=O)(=O)CCC)n3)cc21. The van der Waals surface area contributed by atoms with Gasteiger partial charge in [0.1, 0.15) is 5.75 Å². The highest BCUT2D eigenvalue weighted by atomic mass is 32.2. The fourth-order valence-corrected chi connectivity index (χ4v) is 4.68. The second kappa shape index (κ2) is 7.46. The first-order chi connectivity index (χ1) is 12.4. The van der Waals surface area contributed by atoms with E-state index in [1.807, 2.05) is 12.1 Å². The number of hydrogen-bond donors (Lipinski definition) is 1. The van der Waals surface area contributed by atoms with E-state index in [0.717, 1.165) is 5.56 Å². The minimum absolute atomic E-state index is 0.000242. The van der Waals surface area contributed by atoms with Crippen LogP contribution in [0, 0.1) is 0 Å². The number of anilines is 2. The smallest absolute Gasteiger partial charge is 0.265 e. The molecular weight excluding hydrogens is 374 g/mol. The molecule has 2 aromatic rings. The maximum atomic E-state index is 12.1. The first-order valence-corrected chi connectivity index (χ1v) is 10.6. The van der Waals surface area contributed by atoms with Crippen molar-refractivity contribution in [3.8, 4) is 17.0 Å². The Hall–Kier alpha value is -2.39. The quantitative estimate of drug-likeness (QED) is 0.731. The number of benzene rings is 1. The van der Waals surface area contributed by atoms with Crippen molar-refractivity contribution < 1.29 is 17.9 Å². The predicted molar refractivity (Wildman–Crippen MR) is 103 cm³/mol. The predicted octanol–water partition coefficient (Wildman–Crippen LogP) is 2.87. The highest BCUT2D eigenvalue weighted by molar-refractivity contribution is 7.92. The summed E-state index contributed by atoms with van der Waals surface area (Å²) in [6, 6.07) is 5.43. The third-order valence-electron chi connectivity index (χ3n) is 3.73. The summed E-state index contributed by atoms with van der Waals surface area (Å²) in [7, 11) is -3.38. The van der Waals surface area contributed by atoms with E-state index < -0.39 is 10.0 Å². The Morgan fingerprint density at radius 3 is 3.00 bits per heavy atom. The van der Waals surface area contributed by atoms with Gasteiger partial charge in [0, 0.05) is 17.5 Å². The molecule has 0 saturated carbocycles. The molecule has 0 bridgehead atoms. The minimum Gasteiger partial charge on any atom is -0.482 e. The van der Waals surface area contributed by atoms with Crippen LogP contribution in [0.25, 0.3) is 11.3 Å². The Kier molecular flexibility index (Phi) is 5.28. The molecule has 2 heterocycles. The fourth-order valence-electron chi connectivity index (χ4n) is 2.60. The molecule has 1 amide bonds. The van der Waals surface area contributed by atoms with Gasteiger partial charge < -0.3 is 9.64 Å². The molecular formula is C17H19N3O4S2. The summed E-state index contributed by atoms with van der Waals surface area (Å²) >= 11 is 1.22. The maximum absolute atomic E-state index is 12.1. The molecule has 138 valence electrons. The van der Waals surface area contributed by atoms with Crippen LogP contribution in [-0.2, 0) is 14.8 Å². The van der Waals surface area contributed by atoms with E-state index in [4.69, 9.17) is 4.74 Å². The van der Waals surface area contributed by atoms with Crippen LogP contribution in [0.15, 0.2) is 36.2 Å². The number of rotatable bonds is 7. The Labute approximate surface area is 156 Å². The van der Waals surface area contributed by atoms with E-state index in [-0.39, 0.29) is 18.3 Å². The number of aromatic nitrogens is 1. The molecule has 1 N–H and O–H groups in total. The lowest BCUT2D eigenvalue weighted by Gasteiger charge is -2.28. The van der Waals surface area contributed by atoms with Crippen molar-refractivity contribution in [3.05, 3.63) is 36.2 Å². The van der Waals surface area contributed by atoms with Crippen LogP contribution in [0.1, 0.15) is 13.3 Å². The summed E-state index contributed by atoms with van der Waals surface area (Å²) in [5.41, 5.74) is 2.05. The van der Waals surface area contributed by atoms with E-state index in [9.17, 15) is 13.2 Å². The lowest BCUT2D eigenvalue weighted by atomic mass is 10.1. The van der Waals surface area contributed by atoms with Gasteiger partial charge in [0.15, 0.2) is 11.7 Å².